The molecule has 1 saturated heterocycles. The molecule has 0 amide bonds. The van der Waals surface area contributed by atoms with E-state index in [1.165, 1.54) is 30.6 Å². The fraction of sp³-hybridized carbons (Fsp3) is 0.467. The van der Waals surface area contributed by atoms with E-state index in [2.05, 4.69) is 45.2 Å². The summed E-state index contributed by atoms with van der Waals surface area (Å²) in [4.78, 5) is 6.59. The Morgan fingerprint density at radius 1 is 1.37 bits per heavy atom. The molecule has 2 aromatic rings. The van der Waals surface area contributed by atoms with Gasteiger partial charge in [-0.1, -0.05) is 0 Å². The number of rotatable bonds is 3. The van der Waals surface area contributed by atoms with Crippen LogP contribution >= 0.6 is 0 Å². The van der Waals surface area contributed by atoms with Crippen LogP contribution in [0.25, 0.3) is 0 Å². The zero-order valence-electron chi connectivity index (χ0n) is 11.3. The maximum atomic E-state index is 4.42. The molecule has 0 bridgehead atoms. The Kier molecular flexibility index (Phi) is 3.60. The fourth-order valence-corrected chi connectivity index (χ4v) is 2.84. The number of likely N-dealkylation sites (tertiary alicyclic amines) is 1. The third-order valence-electron chi connectivity index (χ3n) is 3.81. The molecule has 1 atom stereocenters. The lowest BCUT2D eigenvalue weighted by atomic mass is 9.94. The minimum absolute atomic E-state index is 0.570. The van der Waals surface area contributed by atoms with Crippen LogP contribution in [0.15, 0.2) is 30.6 Å². The summed E-state index contributed by atoms with van der Waals surface area (Å²) in [6, 6.07) is 6.38. The Hall–Kier alpha value is -1.68. The third-order valence-corrected chi connectivity index (χ3v) is 3.81. The van der Waals surface area contributed by atoms with Gasteiger partial charge in [0.05, 0.1) is 5.69 Å². The van der Waals surface area contributed by atoms with Crippen molar-refractivity contribution < 1.29 is 0 Å². The van der Waals surface area contributed by atoms with Crippen LogP contribution in [0.5, 0.6) is 0 Å². The van der Waals surface area contributed by atoms with Gasteiger partial charge in [0, 0.05) is 37.1 Å². The highest BCUT2D eigenvalue weighted by molar-refractivity contribution is 5.14. The van der Waals surface area contributed by atoms with Crippen molar-refractivity contribution in [2.45, 2.75) is 32.2 Å². The van der Waals surface area contributed by atoms with Gasteiger partial charge in [0.15, 0.2) is 0 Å². The smallest absolute Gasteiger partial charge is 0.0668 e. The normalized spacial score (nSPS) is 20.6. The molecule has 4 heteroatoms. The fourth-order valence-electron chi connectivity index (χ4n) is 2.84. The van der Waals surface area contributed by atoms with Gasteiger partial charge in [0.25, 0.3) is 0 Å². The standard InChI is InChI=1S/C15H20N4/c1-12-9-15(18-17-12)14-3-2-8-19(11-14)10-13-4-6-16-7-5-13/h4-7,9,14H,2-3,8,10-11H2,1H3,(H,17,18)/t14-/m0/s1. The van der Waals surface area contributed by atoms with Gasteiger partial charge in [-0.05, 0) is 50.1 Å². The average Bonchev–Trinajstić information content (AvgIpc) is 2.87. The number of aryl methyl sites for hydroxylation is 1. The lowest BCUT2D eigenvalue weighted by Crippen LogP contribution is -2.34. The molecule has 0 unspecified atom stereocenters. The highest BCUT2D eigenvalue weighted by Crippen LogP contribution is 2.26. The summed E-state index contributed by atoms with van der Waals surface area (Å²) in [5.41, 5.74) is 3.71. The van der Waals surface area contributed by atoms with E-state index in [1.54, 1.807) is 0 Å². The minimum Gasteiger partial charge on any atom is -0.298 e. The first kappa shape index (κ1) is 12.4. The van der Waals surface area contributed by atoms with Crippen molar-refractivity contribution >= 4 is 0 Å². The maximum absolute atomic E-state index is 4.42. The van der Waals surface area contributed by atoms with Crippen molar-refractivity contribution in [1.29, 1.82) is 0 Å². The number of H-pyrrole nitrogens is 1. The topological polar surface area (TPSA) is 44.8 Å². The molecule has 1 aliphatic rings. The number of pyridine rings is 1. The summed E-state index contributed by atoms with van der Waals surface area (Å²) < 4.78 is 0. The van der Waals surface area contributed by atoms with Crippen molar-refractivity contribution in [2.75, 3.05) is 13.1 Å². The predicted octanol–water partition coefficient (Wildman–Crippen LogP) is 2.49. The molecule has 1 aliphatic heterocycles. The van der Waals surface area contributed by atoms with E-state index in [1.807, 2.05) is 12.4 Å². The number of aromatic amines is 1. The first-order valence-electron chi connectivity index (χ1n) is 6.94. The molecule has 19 heavy (non-hydrogen) atoms. The van der Waals surface area contributed by atoms with Gasteiger partial charge in [-0.25, -0.2) is 0 Å². The summed E-state index contributed by atoms with van der Waals surface area (Å²) >= 11 is 0. The number of nitrogens with zero attached hydrogens (tertiary/aromatic N) is 3. The van der Waals surface area contributed by atoms with Crippen LogP contribution in [0.3, 0.4) is 0 Å². The molecule has 3 heterocycles. The molecule has 0 spiro atoms. The average molecular weight is 256 g/mol. The van der Waals surface area contributed by atoms with Crippen LogP contribution in [0.2, 0.25) is 0 Å². The highest BCUT2D eigenvalue weighted by atomic mass is 15.2. The van der Waals surface area contributed by atoms with Gasteiger partial charge in [0.2, 0.25) is 0 Å². The molecule has 4 nitrogen and oxygen atoms in total. The molecular formula is C15H20N4. The van der Waals surface area contributed by atoms with Crippen LogP contribution in [-0.4, -0.2) is 33.2 Å². The van der Waals surface area contributed by atoms with Crippen molar-refractivity contribution in [3.63, 3.8) is 0 Å². The van der Waals surface area contributed by atoms with E-state index in [0.29, 0.717) is 5.92 Å². The number of nitrogens with one attached hydrogen (secondary N) is 1. The third kappa shape index (κ3) is 3.01. The molecule has 1 fully saturated rings. The summed E-state index contributed by atoms with van der Waals surface area (Å²) in [6.07, 6.45) is 6.24. The van der Waals surface area contributed by atoms with Crippen LogP contribution in [0, 0.1) is 6.92 Å². The van der Waals surface area contributed by atoms with E-state index >= 15 is 0 Å². The Labute approximate surface area is 113 Å². The second kappa shape index (κ2) is 5.53. The SMILES string of the molecule is Cc1cc([C@H]2CCCN(Cc3ccncc3)C2)n[nH]1. The van der Waals surface area contributed by atoms with Crippen LogP contribution in [0.4, 0.5) is 0 Å². The molecular weight excluding hydrogens is 236 g/mol. The lowest BCUT2D eigenvalue weighted by Gasteiger charge is -2.31. The Balaban J connectivity index is 1.65. The molecule has 1 N–H and O–H groups in total. The summed E-state index contributed by atoms with van der Waals surface area (Å²) in [5, 5.41) is 7.47. The Bertz CT molecular complexity index is 520. The molecule has 100 valence electrons. The van der Waals surface area contributed by atoms with E-state index in [4.69, 9.17) is 0 Å². The monoisotopic (exact) mass is 256 g/mol. The van der Waals surface area contributed by atoms with Crippen LogP contribution in [0.1, 0.15) is 35.7 Å². The second-order valence-electron chi connectivity index (χ2n) is 5.41. The lowest BCUT2D eigenvalue weighted by molar-refractivity contribution is 0.198. The predicted molar refractivity (Wildman–Crippen MR) is 74.8 cm³/mol. The van der Waals surface area contributed by atoms with E-state index in [-0.39, 0.29) is 0 Å². The molecule has 0 saturated carbocycles. The van der Waals surface area contributed by atoms with Crippen molar-refractivity contribution in [2.24, 2.45) is 0 Å². The molecule has 0 aliphatic carbocycles. The van der Waals surface area contributed by atoms with Crippen molar-refractivity contribution in [1.82, 2.24) is 20.1 Å². The van der Waals surface area contributed by atoms with Gasteiger partial charge in [-0.3, -0.25) is 15.0 Å². The quantitative estimate of drug-likeness (QED) is 0.917. The number of hydrogen-bond donors (Lipinski definition) is 1. The van der Waals surface area contributed by atoms with Crippen LogP contribution < -0.4 is 0 Å². The maximum Gasteiger partial charge on any atom is 0.0668 e. The van der Waals surface area contributed by atoms with Gasteiger partial charge in [-0.15, -0.1) is 0 Å². The van der Waals surface area contributed by atoms with Crippen molar-refractivity contribution in [3.8, 4) is 0 Å². The van der Waals surface area contributed by atoms with E-state index in [9.17, 15) is 0 Å². The highest BCUT2D eigenvalue weighted by Gasteiger charge is 2.22. The van der Waals surface area contributed by atoms with E-state index < -0.39 is 0 Å². The number of hydrogen-bond acceptors (Lipinski definition) is 3. The molecule has 0 aromatic carbocycles. The zero-order chi connectivity index (χ0) is 13.1. The summed E-state index contributed by atoms with van der Waals surface area (Å²) in [7, 11) is 0. The minimum atomic E-state index is 0.570. The summed E-state index contributed by atoms with van der Waals surface area (Å²) in [5.74, 6) is 0.570. The second-order valence-corrected chi connectivity index (χ2v) is 5.41. The zero-order valence-corrected chi connectivity index (χ0v) is 11.3. The first-order chi connectivity index (χ1) is 9.31. The van der Waals surface area contributed by atoms with Gasteiger partial charge >= 0.3 is 0 Å². The Morgan fingerprint density at radius 3 is 2.95 bits per heavy atom. The first-order valence-corrected chi connectivity index (χ1v) is 6.94. The van der Waals surface area contributed by atoms with Crippen LogP contribution in [-0.2, 0) is 6.54 Å². The van der Waals surface area contributed by atoms with Gasteiger partial charge in [0.1, 0.15) is 0 Å². The summed E-state index contributed by atoms with van der Waals surface area (Å²) in [6.45, 7) is 5.37. The molecule has 0 radical (unpaired) electrons. The molecule has 2 aromatic heterocycles. The van der Waals surface area contributed by atoms with Gasteiger partial charge < -0.3 is 0 Å². The van der Waals surface area contributed by atoms with Crippen molar-refractivity contribution in [3.05, 3.63) is 47.5 Å². The number of piperidine rings is 1. The van der Waals surface area contributed by atoms with Gasteiger partial charge in [-0.2, -0.15) is 5.10 Å². The van der Waals surface area contributed by atoms with E-state index in [0.717, 1.165) is 18.8 Å². The number of aromatic nitrogens is 3. The largest absolute Gasteiger partial charge is 0.298 e. The molecule has 3 rings (SSSR count). The Morgan fingerprint density at radius 2 is 2.21 bits per heavy atom.